The van der Waals surface area contributed by atoms with Gasteiger partial charge in [0.05, 0.1) is 13.2 Å². The van der Waals surface area contributed by atoms with E-state index in [1.54, 1.807) is 0 Å². The second-order valence-electron chi connectivity index (χ2n) is 6.74. The number of morpholine rings is 1. The Morgan fingerprint density at radius 2 is 2.08 bits per heavy atom. The largest absolute Gasteiger partial charge is 0.379 e. The predicted molar refractivity (Wildman–Crippen MR) is 96.4 cm³/mol. The number of rotatable bonds is 7. The van der Waals surface area contributed by atoms with Crippen molar-refractivity contribution in [1.29, 1.82) is 0 Å². The molecule has 0 saturated carbocycles. The molecule has 3 rings (SSSR count). The molecule has 2 aliphatic rings. The molecule has 1 unspecified atom stereocenters. The fourth-order valence-corrected chi connectivity index (χ4v) is 3.40. The number of amides is 2. The summed E-state index contributed by atoms with van der Waals surface area (Å²) in [5.41, 5.74) is 2.05. The van der Waals surface area contributed by atoms with Crippen molar-refractivity contribution in [3.8, 4) is 0 Å². The number of carbonyl (C=O) groups is 2. The number of benzene rings is 1. The predicted octanol–water partition coefficient (Wildman–Crippen LogP) is 1.42. The van der Waals surface area contributed by atoms with E-state index >= 15 is 0 Å². The van der Waals surface area contributed by atoms with E-state index in [-0.39, 0.29) is 17.7 Å². The monoisotopic (exact) mass is 345 g/mol. The maximum absolute atomic E-state index is 12.1. The smallest absolute Gasteiger partial charge is 0.227 e. The third-order valence-corrected chi connectivity index (χ3v) is 4.91. The number of para-hydroxylation sites is 1. The quantitative estimate of drug-likeness (QED) is 0.733. The van der Waals surface area contributed by atoms with Gasteiger partial charge in [0.15, 0.2) is 0 Å². The first-order chi connectivity index (χ1) is 12.2. The molecule has 0 aromatic heterocycles. The van der Waals surface area contributed by atoms with E-state index in [4.69, 9.17) is 4.74 Å². The van der Waals surface area contributed by atoms with Gasteiger partial charge in [0.25, 0.3) is 0 Å². The molecule has 1 aromatic carbocycles. The fraction of sp³-hybridized carbons (Fsp3) is 0.579. The molecule has 25 heavy (non-hydrogen) atoms. The Hall–Kier alpha value is -1.92. The Kier molecular flexibility index (Phi) is 6.42. The highest BCUT2D eigenvalue weighted by molar-refractivity contribution is 5.96. The first-order valence-electron chi connectivity index (χ1n) is 9.18. The number of ether oxygens (including phenoxy) is 1. The molecule has 2 N–H and O–H groups in total. The molecule has 0 radical (unpaired) electrons. The van der Waals surface area contributed by atoms with Gasteiger partial charge in [0.2, 0.25) is 11.8 Å². The second kappa shape index (κ2) is 8.97. The molecule has 136 valence electrons. The van der Waals surface area contributed by atoms with E-state index in [1.165, 1.54) is 0 Å². The lowest BCUT2D eigenvalue weighted by molar-refractivity contribution is -0.122. The lowest BCUT2D eigenvalue weighted by Crippen LogP contribution is -2.38. The van der Waals surface area contributed by atoms with Crippen LogP contribution in [-0.4, -0.2) is 56.1 Å². The topological polar surface area (TPSA) is 70.7 Å². The van der Waals surface area contributed by atoms with Crippen molar-refractivity contribution in [2.75, 3.05) is 44.7 Å². The molecule has 0 aliphatic carbocycles. The van der Waals surface area contributed by atoms with Crippen LogP contribution in [-0.2, 0) is 20.7 Å². The second-order valence-corrected chi connectivity index (χ2v) is 6.74. The molecular formula is C19H27N3O3. The third kappa shape index (κ3) is 5.28. The van der Waals surface area contributed by atoms with Crippen LogP contribution in [0.15, 0.2) is 24.3 Å². The molecule has 1 fully saturated rings. The van der Waals surface area contributed by atoms with Crippen molar-refractivity contribution >= 4 is 17.5 Å². The van der Waals surface area contributed by atoms with Crippen molar-refractivity contribution in [1.82, 2.24) is 10.2 Å². The highest BCUT2D eigenvalue weighted by atomic mass is 16.5. The number of carbonyl (C=O) groups excluding carboxylic acids is 2. The highest BCUT2D eigenvalue weighted by Gasteiger charge is 2.26. The molecule has 1 saturated heterocycles. The van der Waals surface area contributed by atoms with Gasteiger partial charge in [-0.25, -0.2) is 0 Å². The molecule has 0 spiro atoms. The number of anilines is 1. The first-order valence-corrected chi connectivity index (χ1v) is 9.18. The first kappa shape index (κ1) is 17.9. The van der Waals surface area contributed by atoms with E-state index in [0.717, 1.165) is 50.5 Å². The zero-order valence-corrected chi connectivity index (χ0v) is 14.6. The Morgan fingerprint density at radius 1 is 1.28 bits per heavy atom. The Bertz CT molecular complexity index is 599. The molecule has 2 amide bonds. The summed E-state index contributed by atoms with van der Waals surface area (Å²) < 4.78 is 5.32. The van der Waals surface area contributed by atoms with Gasteiger partial charge in [-0.3, -0.25) is 14.5 Å². The lowest BCUT2D eigenvalue weighted by atomic mass is 9.89. The van der Waals surface area contributed by atoms with E-state index < -0.39 is 0 Å². The summed E-state index contributed by atoms with van der Waals surface area (Å²) in [6.45, 7) is 5.25. The summed E-state index contributed by atoms with van der Waals surface area (Å²) in [5.74, 6) is -0.0542. The minimum atomic E-state index is -0.117. The molecule has 1 atom stereocenters. The van der Waals surface area contributed by atoms with E-state index in [1.807, 2.05) is 24.3 Å². The van der Waals surface area contributed by atoms with Gasteiger partial charge < -0.3 is 15.4 Å². The van der Waals surface area contributed by atoms with Crippen LogP contribution in [0.2, 0.25) is 0 Å². The van der Waals surface area contributed by atoms with Crippen molar-refractivity contribution in [2.24, 2.45) is 5.92 Å². The highest BCUT2D eigenvalue weighted by Crippen LogP contribution is 2.27. The summed E-state index contributed by atoms with van der Waals surface area (Å²) in [4.78, 5) is 26.5. The normalized spacial score (nSPS) is 20.6. The average molecular weight is 345 g/mol. The van der Waals surface area contributed by atoms with Crippen molar-refractivity contribution in [2.45, 2.75) is 25.7 Å². The van der Waals surface area contributed by atoms with Gasteiger partial charge >= 0.3 is 0 Å². The molecule has 2 heterocycles. The lowest BCUT2D eigenvalue weighted by Gasteiger charge is -2.26. The Labute approximate surface area is 148 Å². The van der Waals surface area contributed by atoms with Crippen LogP contribution in [0.25, 0.3) is 0 Å². The maximum Gasteiger partial charge on any atom is 0.227 e. The average Bonchev–Trinajstić information content (AvgIpc) is 2.64. The summed E-state index contributed by atoms with van der Waals surface area (Å²) in [6.07, 6.45) is 2.66. The summed E-state index contributed by atoms with van der Waals surface area (Å²) in [5, 5.41) is 5.90. The van der Waals surface area contributed by atoms with E-state index in [0.29, 0.717) is 25.8 Å². The maximum atomic E-state index is 12.1. The van der Waals surface area contributed by atoms with Gasteiger partial charge in [-0.1, -0.05) is 18.2 Å². The fourth-order valence-electron chi connectivity index (χ4n) is 3.40. The zero-order valence-electron chi connectivity index (χ0n) is 14.6. The van der Waals surface area contributed by atoms with E-state index in [2.05, 4.69) is 15.5 Å². The SMILES string of the molecule is O=C(CCC1Cc2ccccc2NC1=O)NCCCN1CCOCC1. The summed E-state index contributed by atoms with van der Waals surface area (Å²) in [6, 6.07) is 7.86. The molecule has 1 aromatic rings. The molecule has 0 bridgehead atoms. The van der Waals surface area contributed by atoms with Crippen LogP contribution < -0.4 is 10.6 Å². The number of nitrogens with one attached hydrogen (secondary N) is 2. The van der Waals surface area contributed by atoms with Crippen LogP contribution >= 0.6 is 0 Å². The Morgan fingerprint density at radius 3 is 2.92 bits per heavy atom. The molecular weight excluding hydrogens is 318 g/mol. The van der Waals surface area contributed by atoms with E-state index in [9.17, 15) is 9.59 Å². The van der Waals surface area contributed by atoms with Crippen LogP contribution in [0, 0.1) is 5.92 Å². The van der Waals surface area contributed by atoms with Gasteiger partial charge in [0, 0.05) is 37.7 Å². The zero-order chi connectivity index (χ0) is 17.5. The van der Waals surface area contributed by atoms with Crippen LogP contribution in [0.1, 0.15) is 24.8 Å². The van der Waals surface area contributed by atoms with Gasteiger partial charge in [0.1, 0.15) is 0 Å². The van der Waals surface area contributed by atoms with Crippen LogP contribution in [0.4, 0.5) is 5.69 Å². The minimum absolute atomic E-state index is 0.0267. The van der Waals surface area contributed by atoms with Gasteiger partial charge in [-0.2, -0.15) is 0 Å². The van der Waals surface area contributed by atoms with Crippen LogP contribution in [0.3, 0.4) is 0 Å². The number of fused-ring (bicyclic) bond motifs is 1. The molecule has 2 aliphatic heterocycles. The Balaban J connectivity index is 1.33. The molecule has 6 nitrogen and oxygen atoms in total. The molecule has 6 heteroatoms. The van der Waals surface area contributed by atoms with Crippen molar-refractivity contribution < 1.29 is 14.3 Å². The van der Waals surface area contributed by atoms with Gasteiger partial charge in [-0.15, -0.1) is 0 Å². The number of hydrogen-bond donors (Lipinski definition) is 2. The standard InChI is InChI=1S/C19H27N3O3/c23-18(20-8-3-9-22-10-12-25-13-11-22)7-6-16-14-15-4-1-2-5-17(15)21-19(16)24/h1-2,4-5,16H,3,6-14H2,(H,20,23)(H,21,24). The minimum Gasteiger partial charge on any atom is -0.379 e. The number of hydrogen-bond acceptors (Lipinski definition) is 4. The van der Waals surface area contributed by atoms with Gasteiger partial charge in [-0.05, 0) is 37.4 Å². The van der Waals surface area contributed by atoms with Crippen molar-refractivity contribution in [3.05, 3.63) is 29.8 Å². The summed E-state index contributed by atoms with van der Waals surface area (Å²) >= 11 is 0. The summed E-state index contributed by atoms with van der Waals surface area (Å²) in [7, 11) is 0. The van der Waals surface area contributed by atoms with Crippen molar-refractivity contribution in [3.63, 3.8) is 0 Å². The number of nitrogens with zero attached hydrogens (tertiary/aromatic N) is 1. The van der Waals surface area contributed by atoms with Crippen LogP contribution in [0.5, 0.6) is 0 Å². The third-order valence-electron chi connectivity index (χ3n) is 4.91.